The van der Waals surface area contributed by atoms with Crippen LogP contribution in [0.4, 0.5) is 9.93 Å². The third-order valence-electron chi connectivity index (χ3n) is 12.9. The van der Waals surface area contributed by atoms with Gasteiger partial charge in [-0.15, -0.1) is 11.3 Å². The van der Waals surface area contributed by atoms with Gasteiger partial charge in [0, 0.05) is 55.5 Å². The zero-order valence-electron chi connectivity index (χ0n) is 38.7. The molecule has 5 N–H and O–H groups in total. The summed E-state index contributed by atoms with van der Waals surface area (Å²) in [5.41, 5.74) is -0.706. The molecule has 5 heterocycles. The lowest BCUT2D eigenvalue weighted by Gasteiger charge is -2.38. The smallest absolute Gasteiger partial charge is 0.329 e. The van der Waals surface area contributed by atoms with Crippen molar-refractivity contribution in [3.8, 4) is 22.9 Å². The van der Waals surface area contributed by atoms with Gasteiger partial charge in [-0.3, -0.25) is 14.4 Å². The Labute approximate surface area is 389 Å². The van der Waals surface area contributed by atoms with Crippen LogP contribution in [0.2, 0.25) is 0 Å². The molecular formula is C45H63N9O10S2. The Bertz CT molecular complexity index is 2440. The zero-order chi connectivity index (χ0) is 47.7. The molecule has 0 bridgehead atoms. The van der Waals surface area contributed by atoms with E-state index in [2.05, 4.69) is 21.3 Å². The fraction of sp³-hybridized carbons (Fsp3) is 0.622. The molecule has 3 saturated heterocycles. The van der Waals surface area contributed by atoms with Crippen LogP contribution in [-0.2, 0) is 29.4 Å². The van der Waals surface area contributed by atoms with E-state index < -0.39 is 75.1 Å². The number of fused-ring (bicyclic) bond motifs is 3. The largest absolute Gasteiger partial charge is 0.497 e. The normalized spacial score (nSPS) is 25.7. The van der Waals surface area contributed by atoms with Gasteiger partial charge >= 0.3 is 22.2 Å². The first-order valence-corrected chi connectivity index (χ1v) is 25.1. The van der Waals surface area contributed by atoms with Crippen LogP contribution in [0.5, 0.6) is 11.5 Å². The Hall–Kier alpha value is -5.28. The van der Waals surface area contributed by atoms with Gasteiger partial charge in [0.15, 0.2) is 5.13 Å². The Balaban J connectivity index is 1.20. The van der Waals surface area contributed by atoms with E-state index in [4.69, 9.17) is 19.4 Å². The molecule has 2 unspecified atom stereocenters. The number of amides is 5. The quantitative estimate of drug-likeness (QED) is 0.185. The monoisotopic (exact) mass is 953 g/mol. The van der Waals surface area contributed by atoms with E-state index in [1.807, 2.05) is 25.3 Å². The number of hydrogen-bond donors (Lipinski definition) is 5. The van der Waals surface area contributed by atoms with Crippen LogP contribution in [-0.4, -0.2) is 136 Å². The minimum Gasteiger partial charge on any atom is -0.497 e. The number of rotatable bonds is 10. The third kappa shape index (κ3) is 10.5. The molecule has 21 heteroatoms. The summed E-state index contributed by atoms with van der Waals surface area (Å²) in [6, 6.07) is 2.80. The van der Waals surface area contributed by atoms with E-state index in [-0.39, 0.29) is 50.9 Å². The summed E-state index contributed by atoms with van der Waals surface area (Å²) in [5, 5.41) is 25.3. The predicted octanol–water partition coefficient (Wildman–Crippen LogP) is 4.73. The van der Waals surface area contributed by atoms with Gasteiger partial charge in [0.05, 0.1) is 24.9 Å². The minimum absolute atomic E-state index is 0.00464. The number of nitrogens with one attached hydrogen (secondary N) is 4. The van der Waals surface area contributed by atoms with Crippen molar-refractivity contribution < 1.29 is 47.0 Å². The highest BCUT2D eigenvalue weighted by Crippen LogP contribution is 2.48. The van der Waals surface area contributed by atoms with Crippen molar-refractivity contribution in [2.24, 2.45) is 11.3 Å². The molecule has 0 spiro atoms. The number of pyridine rings is 1. The van der Waals surface area contributed by atoms with Crippen LogP contribution < -0.4 is 30.7 Å². The molecule has 0 radical (unpaired) electrons. The highest BCUT2D eigenvalue weighted by atomic mass is 32.2. The summed E-state index contributed by atoms with van der Waals surface area (Å²) in [4.78, 5) is 81.2. The van der Waals surface area contributed by atoms with Crippen LogP contribution in [0.25, 0.3) is 22.3 Å². The second kappa shape index (κ2) is 19.5. The maximum absolute atomic E-state index is 15.0. The topological polar surface area (TPSA) is 242 Å². The summed E-state index contributed by atoms with van der Waals surface area (Å²) >= 11 is 1.44. The van der Waals surface area contributed by atoms with Crippen molar-refractivity contribution in [1.29, 1.82) is 0 Å². The van der Waals surface area contributed by atoms with E-state index in [0.29, 0.717) is 53.1 Å². The van der Waals surface area contributed by atoms with Gasteiger partial charge in [-0.1, -0.05) is 52.9 Å². The van der Waals surface area contributed by atoms with Crippen LogP contribution in [0.15, 0.2) is 29.6 Å². The number of nitrogens with zero attached hydrogens (tertiary/aromatic N) is 5. The fourth-order valence-corrected chi connectivity index (χ4v) is 11.4. The van der Waals surface area contributed by atoms with E-state index in [1.54, 1.807) is 46.1 Å². The van der Waals surface area contributed by atoms with Crippen molar-refractivity contribution in [3.05, 3.63) is 29.6 Å². The third-order valence-corrected chi connectivity index (χ3v) is 15.6. The number of thiazole rings is 1. The van der Waals surface area contributed by atoms with Crippen LogP contribution in [0.1, 0.15) is 98.8 Å². The summed E-state index contributed by atoms with van der Waals surface area (Å²) in [5.74, 6) is -2.41. The highest BCUT2D eigenvalue weighted by Gasteiger charge is 2.62. The van der Waals surface area contributed by atoms with Gasteiger partial charge in [0.1, 0.15) is 47.0 Å². The van der Waals surface area contributed by atoms with Gasteiger partial charge in [0.2, 0.25) is 11.8 Å². The number of benzene rings is 1. The molecule has 6 atom stereocenters. The number of anilines is 1. The Morgan fingerprint density at radius 2 is 1.73 bits per heavy atom. The van der Waals surface area contributed by atoms with Gasteiger partial charge in [-0.05, 0) is 63.0 Å². The molecule has 1 aromatic carbocycles. The molecule has 5 amide bonds. The number of carboxylic acid groups (broad SMARTS) is 1. The number of carbonyl (C=O) groups excluding carboxylic acids is 4. The fourth-order valence-electron chi connectivity index (χ4n) is 9.15. The van der Waals surface area contributed by atoms with E-state index in [0.717, 1.165) is 39.4 Å². The van der Waals surface area contributed by atoms with Gasteiger partial charge < -0.3 is 40.7 Å². The molecule has 4 fully saturated rings. The second-order valence-corrected chi connectivity index (χ2v) is 22.1. The molecule has 3 aromatic rings. The molecule has 360 valence electrons. The molecule has 2 aromatic heterocycles. The first-order chi connectivity index (χ1) is 31.2. The SMILES string of the molecule is COc1ccc2c(O[C@@H]3C[C@H]4C(=O)N[C@]5(C(=O)O)CC5CCCCCCC[C@H](NC(=O)NC(C(=O)N5CCCN(C)S5(=O)=O)C(C)(C)C)C(=O)N4C3)cc(-c3csc(NC(C)C)n3)nc2c1. The summed E-state index contributed by atoms with van der Waals surface area (Å²) < 4.78 is 40.6. The molecular weight excluding hydrogens is 891 g/mol. The summed E-state index contributed by atoms with van der Waals surface area (Å²) in [7, 11) is -1.16. The van der Waals surface area contributed by atoms with Crippen molar-refractivity contribution in [2.75, 3.05) is 39.1 Å². The maximum atomic E-state index is 15.0. The van der Waals surface area contributed by atoms with E-state index >= 15 is 0 Å². The predicted molar refractivity (Wildman–Crippen MR) is 248 cm³/mol. The number of hydrogen-bond acceptors (Lipinski definition) is 13. The van der Waals surface area contributed by atoms with Gasteiger partial charge in [-0.2, -0.15) is 12.7 Å². The lowest BCUT2D eigenvalue weighted by Crippen LogP contribution is -2.62. The highest BCUT2D eigenvalue weighted by molar-refractivity contribution is 7.87. The summed E-state index contributed by atoms with van der Waals surface area (Å²) in [6.07, 6.45) is 4.47. The first-order valence-electron chi connectivity index (χ1n) is 22.8. The number of urea groups is 1. The average molecular weight is 954 g/mol. The lowest BCUT2D eigenvalue weighted by molar-refractivity contribution is -0.145. The molecule has 1 saturated carbocycles. The molecule has 7 rings (SSSR count). The zero-order valence-corrected chi connectivity index (χ0v) is 40.4. The standard InChI is InChI=1S/C45H63N9O10S2/c1-26(2)46-43-49-34(25-65-43)33-22-36(30-17-16-28(63-7)20-32(30)47-33)64-29-21-35-38(55)51-45(41(58)59)23-27(45)14-11-9-8-10-12-15-31(39(56)53(35)24-29)48-42(60)50-37(44(3,4)5)40(57)54-19-13-18-52(6)66(54,61)62/h16-17,20,22,25-27,29,31,35,37H,8-15,18-19,21,23-24H2,1-7H3,(H,46,49)(H,51,55)(H,58,59)(H2,48,50,60)/t27?,29-,31+,35+,37?,45-/m1/s1. The molecule has 4 aliphatic rings. The van der Waals surface area contributed by atoms with Crippen molar-refractivity contribution in [2.45, 2.75) is 135 Å². The van der Waals surface area contributed by atoms with Crippen LogP contribution >= 0.6 is 11.3 Å². The Morgan fingerprint density at radius 3 is 2.42 bits per heavy atom. The second-order valence-electron chi connectivity index (χ2n) is 19.3. The number of ether oxygens (including phenoxy) is 2. The minimum atomic E-state index is -4.11. The van der Waals surface area contributed by atoms with Crippen molar-refractivity contribution >= 4 is 67.3 Å². The lowest BCUT2D eigenvalue weighted by atomic mass is 9.86. The first kappa shape index (κ1) is 48.6. The van der Waals surface area contributed by atoms with Crippen LogP contribution in [0, 0.1) is 11.3 Å². The average Bonchev–Trinajstić information content (AvgIpc) is 3.51. The number of methoxy groups -OCH3 is 1. The number of carbonyl (C=O) groups is 5. The summed E-state index contributed by atoms with van der Waals surface area (Å²) in [6.45, 7) is 9.28. The molecule has 19 nitrogen and oxygen atoms in total. The number of carboxylic acids is 1. The number of aromatic nitrogens is 2. The van der Waals surface area contributed by atoms with Gasteiger partial charge in [0.25, 0.3) is 5.91 Å². The van der Waals surface area contributed by atoms with Crippen LogP contribution in [0.3, 0.4) is 0 Å². The Kier molecular flexibility index (Phi) is 14.4. The van der Waals surface area contributed by atoms with Gasteiger partial charge in [-0.25, -0.2) is 23.9 Å². The molecule has 1 aliphatic carbocycles. The van der Waals surface area contributed by atoms with E-state index in [1.165, 1.54) is 23.3 Å². The molecule has 66 heavy (non-hydrogen) atoms. The number of aliphatic carboxylic acids is 1. The van der Waals surface area contributed by atoms with Crippen molar-refractivity contribution in [1.82, 2.24) is 39.4 Å². The van der Waals surface area contributed by atoms with E-state index in [9.17, 15) is 37.5 Å². The van der Waals surface area contributed by atoms with Crippen molar-refractivity contribution in [3.63, 3.8) is 0 Å². The molecule has 3 aliphatic heterocycles. The maximum Gasteiger partial charge on any atom is 0.329 e. The Morgan fingerprint density at radius 1 is 1.00 bits per heavy atom.